The zero-order valence-electron chi connectivity index (χ0n) is 18.3. The predicted molar refractivity (Wildman–Crippen MR) is 116 cm³/mol. The molecular weight excluding hydrogens is 396 g/mol. The highest BCUT2D eigenvalue weighted by molar-refractivity contribution is 6.51. The Balaban J connectivity index is 3.01. The molecule has 1 aliphatic carbocycles. The molecule has 0 spiro atoms. The maximum absolute atomic E-state index is 6.10. The SMILES string of the molecule is CCO[SiH](OCC)C1CC([SiH](OCC)OCC)CC([SiH](OCC)OCC)C1. The van der Waals surface area contributed by atoms with E-state index in [1.165, 1.54) is 0 Å². The van der Waals surface area contributed by atoms with Gasteiger partial charge in [-0.1, -0.05) is 0 Å². The lowest BCUT2D eigenvalue weighted by Crippen LogP contribution is -2.42. The fraction of sp³-hybridized carbons (Fsp3) is 1.00. The molecule has 0 aliphatic heterocycles. The van der Waals surface area contributed by atoms with Crippen LogP contribution in [-0.2, 0) is 26.6 Å². The van der Waals surface area contributed by atoms with E-state index in [1.807, 2.05) is 0 Å². The third-order valence-corrected chi connectivity index (χ3v) is 12.9. The smallest absolute Gasteiger partial charge is 0.324 e. The van der Waals surface area contributed by atoms with Crippen molar-refractivity contribution in [2.75, 3.05) is 39.6 Å². The lowest BCUT2D eigenvalue weighted by atomic mass is 9.98. The molecule has 9 heteroatoms. The molecule has 1 rings (SSSR count). The molecule has 1 aliphatic rings. The summed E-state index contributed by atoms with van der Waals surface area (Å²) in [5.41, 5.74) is 1.42. The molecule has 6 nitrogen and oxygen atoms in total. The molecule has 1 saturated carbocycles. The van der Waals surface area contributed by atoms with Crippen LogP contribution in [0.3, 0.4) is 0 Å². The van der Waals surface area contributed by atoms with Gasteiger partial charge in [-0.3, -0.25) is 0 Å². The molecule has 0 atom stereocenters. The molecule has 0 unspecified atom stereocenters. The third kappa shape index (κ3) is 8.75. The minimum absolute atomic E-state index is 0.473. The average molecular weight is 439 g/mol. The van der Waals surface area contributed by atoms with E-state index in [0.717, 1.165) is 58.9 Å². The molecule has 0 saturated heterocycles. The molecule has 0 aromatic heterocycles. The van der Waals surface area contributed by atoms with Crippen LogP contribution < -0.4 is 0 Å². The summed E-state index contributed by atoms with van der Waals surface area (Å²) in [6, 6.07) is 0. The maximum Gasteiger partial charge on any atom is 0.324 e. The van der Waals surface area contributed by atoms with E-state index < -0.39 is 27.9 Å². The predicted octanol–water partition coefficient (Wildman–Crippen LogP) is 3.16. The van der Waals surface area contributed by atoms with Gasteiger partial charge in [0.1, 0.15) is 0 Å². The Bertz CT molecular complexity index is 290. The van der Waals surface area contributed by atoms with Crippen molar-refractivity contribution in [1.82, 2.24) is 0 Å². The van der Waals surface area contributed by atoms with Crippen molar-refractivity contribution in [2.24, 2.45) is 0 Å². The molecule has 0 N–H and O–H groups in total. The van der Waals surface area contributed by atoms with Crippen molar-refractivity contribution in [2.45, 2.75) is 77.4 Å². The largest absolute Gasteiger partial charge is 0.397 e. The first-order valence-corrected chi connectivity index (χ1v) is 15.7. The van der Waals surface area contributed by atoms with Crippen molar-refractivity contribution < 1.29 is 26.6 Å². The summed E-state index contributed by atoms with van der Waals surface area (Å²) in [5.74, 6) is 0. The van der Waals surface area contributed by atoms with Crippen LogP contribution in [0.25, 0.3) is 0 Å². The molecule has 0 bridgehead atoms. The Morgan fingerprint density at radius 2 is 0.630 bits per heavy atom. The first-order valence-electron chi connectivity index (χ1n) is 10.8. The van der Waals surface area contributed by atoms with E-state index in [4.69, 9.17) is 26.6 Å². The van der Waals surface area contributed by atoms with Crippen LogP contribution in [0.15, 0.2) is 0 Å². The first kappa shape index (κ1) is 25.4. The van der Waals surface area contributed by atoms with Gasteiger partial charge >= 0.3 is 27.9 Å². The van der Waals surface area contributed by atoms with Gasteiger partial charge in [0.15, 0.2) is 0 Å². The Morgan fingerprint density at radius 1 is 0.444 bits per heavy atom. The summed E-state index contributed by atoms with van der Waals surface area (Å²) in [7, 11) is -5.20. The van der Waals surface area contributed by atoms with E-state index in [9.17, 15) is 0 Å². The summed E-state index contributed by atoms with van der Waals surface area (Å²) in [6.45, 7) is 16.7. The van der Waals surface area contributed by atoms with Crippen LogP contribution in [0.1, 0.15) is 60.8 Å². The zero-order valence-corrected chi connectivity index (χ0v) is 21.7. The van der Waals surface area contributed by atoms with Crippen molar-refractivity contribution in [3.63, 3.8) is 0 Å². The van der Waals surface area contributed by atoms with Gasteiger partial charge in [-0.2, -0.15) is 0 Å². The van der Waals surface area contributed by atoms with E-state index in [-0.39, 0.29) is 0 Å². The van der Waals surface area contributed by atoms with Crippen molar-refractivity contribution in [3.8, 4) is 0 Å². The van der Waals surface area contributed by atoms with Gasteiger partial charge in [0, 0.05) is 56.3 Å². The lowest BCUT2D eigenvalue weighted by Gasteiger charge is -2.40. The van der Waals surface area contributed by atoms with E-state index in [0.29, 0.717) is 16.6 Å². The number of hydrogen-bond acceptors (Lipinski definition) is 6. The zero-order chi connectivity index (χ0) is 20.1. The van der Waals surface area contributed by atoms with Crippen molar-refractivity contribution in [1.29, 1.82) is 0 Å². The number of rotatable bonds is 15. The van der Waals surface area contributed by atoms with Crippen LogP contribution in [0.4, 0.5) is 0 Å². The van der Waals surface area contributed by atoms with E-state index in [1.54, 1.807) is 0 Å². The molecule has 27 heavy (non-hydrogen) atoms. The van der Waals surface area contributed by atoms with E-state index >= 15 is 0 Å². The fourth-order valence-electron chi connectivity index (χ4n) is 4.07. The van der Waals surface area contributed by atoms with Gasteiger partial charge in [-0.25, -0.2) is 0 Å². The number of hydrogen-bond donors (Lipinski definition) is 0. The summed E-state index contributed by atoms with van der Waals surface area (Å²) in [4.78, 5) is 0. The highest BCUT2D eigenvalue weighted by atomic mass is 28.3. The fourth-order valence-corrected chi connectivity index (χ4v) is 12.3. The summed E-state index contributed by atoms with van der Waals surface area (Å²) >= 11 is 0. The van der Waals surface area contributed by atoms with Gasteiger partial charge in [-0.05, 0) is 60.8 Å². The molecule has 0 aromatic rings. The molecular formula is C18H42O6Si3. The van der Waals surface area contributed by atoms with Crippen LogP contribution in [0.5, 0.6) is 0 Å². The van der Waals surface area contributed by atoms with Crippen LogP contribution >= 0.6 is 0 Å². The van der Waals surface area contributed by atoms with Gasteiger partial charge in [0.2, 0.25) is 0 Å². The Hall–Kier alpha value is 0.411. The van der Waals surface area contributed by atoms with Crippen LogP contribution in [0.2, 0.25) is 16.6 Å². The average Bonchev–Trinajstić information content (AvgIpc) is 2.67. The Kier molecular flexibility index (Phi) is 14.4. The molecule has 0 radical (unpaired) electrons. The highest BCUT2D eigenvalue weighted by Gasteiger charge is 2.44. The Labute approximate surface area is 171 Å². The summed E-state index contributed by atoms with van der Waals surface area (Å²) in [5, 5.41) is 0. The maximum atomic E-state index is 6.10. The topological polar surface area (TPSA) is 55.4 Å². The van der Waals surface area contributed by atoms with Crippen LogP contribution in [0, 0.1) is 0 Å². The summed E-state index contributed by atoms with van der Waals surface area (Å²) in [6.07, 6.45) is 3.30. The van der Waals surface area contributed by atoms with Crippen LogP contribution in [-0.4, -0.2) is 67.5 Å². The minimum atomic E-state index is -1.73. The standard InChI is InChI=1S/C18H42O6Si3/c1-7-19-25(20-8-2)16-13-17(26(21-9-3)22-10-4)15-18(14-16)27(23-11-5)24-12-6/h16-18,25-27H,7-15H2,1-6H3. The van der Waals surface area contributed by atoms with Crippen molar-refractivity contribution in [3.05, 3.63) is 0 Å². The minimum Gasteiger partial charge on any atom is -0.397 e. The normalized spacial score (nSPS) is 23.7. The quantitative estimate of drug-likeness (QED) is 0.366. The molecule has 0 amide bonds. The second kappa shape index (κ2) is 15.3. The molecule has 0 aromatic carbocycles. The molecule has 1 fully saturated rings. The summed E-state index contributed by atoms with van der Waals surface area (Å²) < 4.78 is 36.6. The second-order valence-corrected chi connectivity index (χ2v) is 13.9. The monoisotopic (exact) mass is 438 g/mol. The second-order valence-electron chi connectivity index (χ2n) is 6.82. The van der Waals surface area contributed by atoms with Gasteiger partial charge in [0.25, 0.3) is 0 Å². The lowest BCUT2D eigenvalue weighted by molar-refractivity contribution is 0.166. The van der Waals surface area contributed by atoms with Gasteiger partial charge < -0.3 is 26.6 Å². The molecule has 0 heterocycles. The first-order chi connectivity index (χ1) is 13.1. The van der Waals surface area contributed by atoms with Gasteiger partial charge in [-0.15, -0.1) is 0 Å². The van der Waals surface area contributed by atoms with Crippen molar-refractivity contribution >= 4 is 27.9 Å². The molecule has 162 valence electrons. The highest BCUT2D eigenvalue weighted by Crippen LogP contribution is 2.48. The Morgan fingerprint density at radius 3 is 0.778 bits per heavy atom. The third-order valence-electron chi connectivity index (χ3n) is 4.96. The van der Waals surface area contributed by atoms with Gasteiger partial charge in [0.05, 0.1) is 0 Å². The van der Waals surface area contributed by atoms with E-state index in [2.05, 4.69) is 41.5 Å².